The molecule has 0 aromatic heterocycles. The lowest BCUT2D eigenvalue weighted by Crippen LogP contribution is -2.35. The molecule has 134 valence electrons. The van der Waals surface area contributed by atoms with Crippen molar-refractivity contribution in [3.05, 3.63) is 69.6 Å². The SMILES string of the molecule is CC(=O)NCCNC(=O)C1=CC2=CC=C3CCC=CC3=C3NNC(=C23)C1. The van der Waals surface area contributed by atoms with Crippen LogP contribution in [-0.4, -0.2) is 24.9 Å². The molecule has 26 heavy (non-hydrogen) atoms. The number of amides is 2. The number of rotatable bonds is 4. The Kier molecular flexibility index (Phi) is 4.24. The third-order valence-electron chi connectivity index (χ3n) is 4.90. The smallest absolute Gasteiger partial charge is 0.247 e. The predicted octanol–water partition coefficient (Wildman–Crippen LogP) is 1.40. The van der Waals surface area contributed by atoms with Gasteiger partial charge in [0, 0.05) is 48.9 Å². The normalized spacial score (nSPS) is 20.0. The molecule has 0 fully saturated rings. The first kappa shape index (κ1) is 16.4. The molecule has 0 atom stereocenters. The van der Waals surface area contributed by atoms with Gasteiger partial charge >= 0.3 is 0 Å². The van der Waals surface area contributed by atoms with Crippen LogP contribution in [0.2, 0.25) is 0 Å². The van der Waals surface area contributed by atoms with E-state index in [1.165, 1.54) is 18.1 Å². The summed E-state index contributed by atoms with van der Waals surface area (Å²) < 4.78 is 0. The molecule has 0 unspecified atom stereocenters. The van der Waals surface area contributed by atoms with Crippen molar-refractivity contribution in [3.63, 3.8) is 0 Å². The van der Waals surface area contributed by atoms with Gasteiger partial charge in [0.15, 0.2) is 0 Å². The first-order chi connectivity index (χ1) is 12.6. The van der Waals surface area contributed by atoms with Gasteiger partial charge in [-0.15, -0.1) is 0 Å². The molecular formula is C20H22N4O2. The summed E-state index contributed by atoms with van der Waals surface area (Å²) in [4.78, 5) is 23.4. The molecule has 0 aromatic carbocycles. The summed E-state index contributed by atoms with van der Waals surface area (Å²) in [7, 11) is 0. The van der Waals surface area contributed by atoms with Gasteiger partial charge in [-0.3, -0.25) is 15.0 Å². The molecule has 0 radical (unpaired) electrons. The van der Waals surface area contributed by atoms with Crippen LogP contribution < -0.4 is 21.5 Å². The third-order valence-corrected chi connectivity index (χ3v) is 4.90. The highest BCUT2D eigenvalue weighted by atomic mass is 16.2. The Morgan fingerprint density at radius 2 is 2.00 bits per heavy atom. The molecule has 4 rings (SSSR count). The van der Waals surface area contributed by atoms with E-state index in [-0.39, 0.29) is 11.8 Å². The quantitative estimate of drug-likeness (QED) is 0.578. The first-order valence-electron chi connectivity index (χ1n) is 8.94. The molecule has 4 aliphatic rings. The van der Waals surface area contributed by atoms with Gasteiger partial charge in [-0.25, -0.2) is 0 Å². The fourth-order valence-corrected chi connectivity index (χ4v) is 3.66. The minimum atomic E-state index is -0.0973. The predicted molar refractivity (Wildman–Crippen MR) is 99.3 cm³/mol. The monoisotopic (exact) mass is 350 g/mol. The average Bonchev–Trinajstić information content (AvgIpc) is 2.99. The number of fused-ring (bicyclic) bond motifs is 1. The topological polar surface area (TPSA) is 82.3 Å². The van der Waals surface area contributed by atoms with Crippen LogP contribution in [-0.2, 0) is 9.59 Å². The number of carbonyl (C=O) groups excluding carboxylic acids is 2. The van der Waals surface area contributed by atoms with Crippen LogP contribution in [0, 0.1) is 0 Å². The molecule has 1 aliphatic heterocycles. The van der Waals surface area contributed by atoms with Crippen LogP contribution in [0.1, 0.15) is 26.2 Å². The maximum absolute atomic E-state index is 12.5. The van der Waals surface area contributed by atoms with Crippen LogP contribution in [0.15, 0.2) is 69.6 Å². The molecule has 1 heterocycles. The van der Waals surface area contributed by atoms with Gasteiger partial charge < -0.3 is 16.1 Å². The Labute approximate surface area is 152 Å². The molecule has 3 aliphatic carbocycles. The van der Waals surface area contributed by atoms with E-state index in [1.807, 2.05) is 6.08 Å². The number of hydrogen-bond donors (Lipinski definition) is 4. The molecule has 0 saturated heterocycles. The number of allylic oxidation sites excluding steroid dienone is 9. The zero-order valence-electron chi connectivity index (χ0n) is 14.7. The minimum Gasteiger partial charge on any atom is -0.355 e. The Balaban J connectivity index is 1.56. The maximum atomic E-state index is 12.5. The van der Waals surface area contributed by atoms with E-state index < -0.39 is 0 Å². The number of nitrogens with one attached hydrogen (secondary N) is 4. The standard InChI is InChI=1S/C20H22N4O2/c1-12(25)21-8-9-22-20(26)15-10-14-7-6-13-4-2-3-5-16(13)19-18(14)17(11-15)23-24-19/h3,5-7,10,23-24H,2,4,8-9,11H2,1H3,(H,21,25)(H,22,26). The van der Waals surface area contributed by atoms with Gasteiger partial charge in [0.2, 0.25) is 11.8 Å². The molecule has 6 heteroatoms. The second-order valence-corrected chi connectivity index (χ2v) is 6.73. The van der Waals surface area contributed by atoms with Crippen LogP contribution in [0.5, 0.6) is 0 Å². The fraction of sp³-hybridized carbons (Fsp3) is 0.300. The summed E-state index contributed by atoms with van der Waals surface area (Å²) in [5, 5.41) is 5.54. The molecule has 2 amide bonds. The van der Waals surface area contributed by atoms with Crippen molar-refractivity contribution in [3.8, 4) is 0 Å². The van der Waals surface area contributed by atoms with E-state index in [1.54, 1.807) is 0 Å². The highest BCUT2D eigenvalue weighted by Crippen LogP contribution is 2.40. The summed E-state index contributed by atoms with van der Waals surface area (Å²) in [6, 6.07) is 0. The Hall–Kier alpha value is -3.02. The van der Waals surface area contributed by atoms with Crippen LogP contribution in [0.3, 0.4) is 0 Å². The van der Waals surface area contributed by atoms with Gasteiger partial charge in [0.05, 0.1) is 5.70 Å². The van der Waals surface area contributed by atoms with Gasteiger partial charge in [-0.2, -0.15) is 0 Å². The van der Waals surface area contributed by atoms with E-state index in [2.05, 4.69) is 45.8 Å². The van der Waals surface area contributed by atoms with Crippen LogP contribution in [0.25, 0.3) is 0 Å². The molecular weight excluding hydrogens is 328 g/mol. The average molecular weight is 350 g/mol. The van der Waals surface area contributed by atoms with Crippen molar-refractivity contribution in [2.24, 2.45) is 0 Å². The number of carbonyl (C=O) groups is 2. The maximum Gasteiger partial charge on any atom is 0.247 e. The summed E-state index contributed by atoms with van der Waals surface area (Å²) in [6.45, 7) is 2.31. The lowest BCUT2D eigenvalue weighted by Gasteiger charge is -2.17. The summed E-state index contributed by atoms with van der Waals surface area (Å²) in [5.74, 6) is -0.195. The van der Waals surface area contributed by atoms with Gasteiger partial charge in [0.25, 0.3) is 0 Å². The van der Waals surface area contributed by atoms with Crippen molar-refractivity contribution in [2.75, 3.05) is 13.1 Å². The minimum absolute atomic E-state index is 0.0973. The highest BCUT2D eigenvalue weighted by molar-refractivity contribution is 5.95. The summed E-state index contributed by atoms with van der Waals surface area (Å²) >= 11 is 0. The lowest BCUT2D eigenvalue weighted by atomic mass is 9.88. The van der Waals surface area contributed by atoms with E-state index in [9.17, 15) is 9.59 Å². The van der Waals surface area contributed by atoms with Crippen LogP contribution in [0.4, 0.5) is 0 Å². The Bertz CT molecular complexity index is 868. The van der Waals surface area contributed by atoms with Crippen molar-refractivity contribution in [1.82, 2.24) is 21.5 Å². The highest BCUT2D eigenvalue weighted by Gasteiger charge is 2.31. The second-order valence-electron chi connectivity index (χ2n) is 6.73. The van der Waals surface area contributed by atoms with Crippen molar-refractivity contribution >= 4 is 11.8 Å². The molecule has 0 saturated carbocycles. The zero-order chi connectivity index (χ0) is 18.1. The van der Waals surface area contributed by atoms with Crippen molar-refractivity contribution < 1.29 is 9.59 Å². The van der Waals surface area contributed by atoms with E-state index in [0.717, 1.165) is 41.0 Å². The Morgan fingerprint density at radius 3 is 2.85 bits per heavy atom. The summed E-state index contributed by atoms with van der Waals surface area (Å²) in [6.07, 6.45) is 13.3. The molecule has 0 aromatic rings. The zero-order valence-corrected chi connectivity index (χ0v) is 14.7. The second kappa shape index (κ2) is 6.71. The van der Waals surface area contributed by atoms with E-state index in [0.29, 0.717) is 19.5 Å². The Morgan fingerprint density at radius 1 is 1.15 bits per heavy atom. The molecule has 6 nitrogen and oxygen atoms in total. The van der Waals surface area contributed by atoms with Crippen molar-refractivity contribution in [1.29, 1.82) is 0 Å². The molecule has 0 spiro atoms. The lowest BCUT2D eigenvalue weighted by molar-refractivity contribution is -0.120. The summed E-state index contributed by atoms with van der Waals surface area (Å²) in [5.41, 5.74) is 14.2. The largest absolute Gasteiger partial charge is 0.355 e. The van der Waals surface area contributed by atoms with Crippen molar-refractivity contribution in [2.45, 2.75) is 26.2 Å². The number of hydrogen-bond acceptors (Lipinski definition) is 4. The first-order valence-corrected chi connectivity index (χ1v) is 8.94. The third kappa shape index (κ3) is 2.98. The fourth-order valence-electron chi connectivity index (χ4n) is 3.66. The molecule has 0 bridgehead atoms. The van der Waals surface area contributed by atoms with Crippen LogP contribution >= 0.6 is 0 Å². The van der Waals surface area contributed by atoms with E-state index in [4.69, 9.17) is 0 Å². The van der Waals surface area contributed by atoms with Gasteiger partial charge in [0.1, 0.15) is 0 Å². The molecule has 4 N–H and O–H groups in total. The number of hydrazine groups is 1. The van der Waals surface area contributed by atoms with E-state index >= 15 is 0 Å². The van der Waals surface area contributed by atoms with Gasteiger partial charge in [-0.1, -0.05) is 24.3 Å². The van der Waals surface area contributed by atoms with Gasteiger partial charge in [-0.05, 0) is 30.1 Å².